The number of aromatic nitrogens is 1. The number of carbonyl (C=O) groups is 2. The lowest BCUT2D eigenvalue weighted by Gasteiger charge is -2.30. The molecule has 26 heavy (non-hydrogen) atoms. The zero-order chi connectivity index (χ0) is 18.7. The van der Waals surface area contributed by atoms with E-state index in [0.717, 1.165) is 30.5 Å². The number of hydrogen-bond donors (Lipinski definition) is 0. The van der Waals surface area contributed by atoms with Gasteiger partial charge in [-0.05, 0) is 50.2 Å². The molecule has 0 bridgehead atoms. The number of piperidine rings is 1. The summed E-state index contributed by atoms with van der Waals surface area (Å²) >= 11 is 1.35. The molecule has 0 spiro atoms. The van der Waals surface area contributed by atoms with Crippen LogP contribution in [0.4, 0.5) is 0 Å². The minimum absolute atomic E-state index is 0.0298. The van der Waals surface area contributed by atoms with Crippen LogP contribution in [0.5, 0.6) is 0 Å². The van der Waals surface area contributed by atoms with Gasteiger partial charge in [0, 0.05) is 18.8 Å². The molecule has 1 aromatic rings. The quantitative estimate of drug-likeness (QED) is 0.595. The highest BCUT2D eigenvalue weighted by Crippen LogP contribution is 2.32. The van der Waals surface area contributed by atoms with E-state index in [-0.39, 0.29) is 23.5 Å². The van der Waals surface area contributed by atoms with Crippen molar-refractivity contribution < 1.29 is 14.3 Å². The van der Waals surface area contributed by atoms with Crippen LogP contribution in [-0.4, -0.2) is 47.7 Å². The molecule has 0 atom stereocenters. The summed E-state index contributed by atoms with van der Waals surface area (Å²) in [5.41, 5.74) is 3.91. The van der Waals surface area contributed by atoms with Gasteiger partial charge in [0.1, 0.15) is 11.1 Å². The number of thioether (sulfide) groups is 1. The van der Waals surface area contributed by atoms with Crippen molar-refractivity contribution in [1.29, 1.82) is 5.26 Å². The van der Waals surface area contributed by atoms with E-state index in [1.54, 1.807) is 4.90 Å². The van der Waals surface area contributed by atoms with Crippen molar-refractivity contribution in [2.45, 2.75) is 44.1 Å². The Hall–Kier alpha value is -2.07. The highest BCUT2D eigenvalue weighted by molar-refractivity contribution is 8.00. The molecule has 0 unspecified atom stereocenters. The molecule has 1 saturated heterocycles. The van der Waals surface area contributed by atoms with Gasteiger partial charge in [0.25, 0.3) is 0 Å². The molecule has 1 aliphatic heterocycles. The average molecular weight is 373 g/mol. The summed E-state index contributed by atoms with van der Waals surface area (Å²) in [6.07, 6.45) is 4.30. The molecule has 6 nitrogen and oxygen atoms in total. The first-order valence-corrected chi connectivity index (χ1v) is 9.94. The average Bonchev–Trinajstić information content (AvgIpc) is 3.14. The van der Waals surface area contributed by atoms with Crippen molar-refractivity contribution in [3.63, 3.8) is 0 Å². The first kappa shape index (κ1) is 18.7. The number of nitriles is 1. The van der Waals surface area contributed by atoms with Crippen molar-refractivity contribution in [3.8, 4) is 6.07 Å². The maximum absolute atomic E-state index is 12.5. The molecule has 0 aromatic carbocycles. The predicted molar refractivity (Wildman–Crippen MR) is 97.8 cm³/mol. The third-order valence-electron chi connectivity index (χ3n) is 5.29. The number of fused-ring (bicyclic) bond motifs is 1. The fourth-order valence-electron chi connectivity index (χ4n) is 3.73. The maximum Gasteiger partial charge on any atom is 0.308 e. The van der Waals surface area contributed by atoms with Crippen molar-refractivity contribution in [1.82, 2.24) is 9.88 Å². The number of aryl methyl sites for hydroxylation is 1. The Morgan fingerprint density at radius 3 is 2.73 bits per heavy atom. The summed E-state index contributed by atoms with van der Waals surface area (Å²) in [4.78, 5) is 30.5. The lowest BCUT2D eigenvalue weighted by molar-refractivity contribution is -0.148. The maximum atomic E-state index is 12.5. The monoisotopic (exact) mass is 373 g/mol. The second kappa shape index (κ2) is 8.09. The lowest BCUT2D eigenvalue weighted by atomic mass is 9.97. The molecule has 1 aromatic heterocycles. The van der Waals surface area contributed by atoms with Gasteiger partial charge < -0.3 is 9.64 Å². The lowest BCUT2D eigenvalue weighted by Crippen LogP contribution is -2.41. The molecule has 0 saturated carbocycles. The fraction of sp³-hybridized carbons (Fsp3) is 0.579. The third kappa shape index (κ3) is 3.70. The van der Waals surface area contributed by atoms with E-state index in [4.69, 9.17) is 4.74 Å². The van der Waals surface area contributed by atoms with E-state index in [1.807, 2.05) is 6.92 Å². The number of likely N-dealkylation sites (tertiary alicyclic amines) is 1. The van der Waals surface area contributed by atoms with Crippen molar-refractivity contribution >= 4 is 23.6 Å². The van der Waals surface area contributed by atoms with Crippen LogP contribution in [-0.2, 0) is 27.2 Å². The first-order valence-electron chi connectivity index (χ1n) is 8.96. The summed E-state index contributed by atoms with van der Waals surface area (Å²) in [5.74, 6) is -0.00368. The number of esters is 1. The van der Waals surface area contributed by atoms with E-state index in [0.29, 0.717) is 36.5 Å². The molecule has 138 valence electrons. The topological polar surface area (TPSA) is 83.3 Å². The van der Waals surface area contributed by atoms with E-state index >= 15 is 0 Å². The molecule has 2 aliphatic rings. The first-order chi connectivity index (χ1) is 12.5. The summed E-state index contributed by atoms with van der Waals surface area (Å²) in [7, 11) is 1.40. The van der Waals surface area contributed by atoms with Gasteiger partial charge in [-0.25, -0.2) is 4.98 Å². The number of nitrogens with zero attached hydrogens (tertiary/aromatic N) is 3. The van der Waals surface area contributed by atoms with Gasteiger partial charge >= 0.3 is 5.97 Å². The van der Waals surface area contributed by atoms with E-state index in [1.165, 1.54) is 24.4 Å². The van der Waals surface area contributed by atoms with Crippen molar-refractivity contribution in [2.24, 2.45) is 5.92 Å². The predicted octanol–water partition coefficient (Wildman–Crippen LogP) is 2.25. The van der Waals surface area contributed by atoms with Crippen molar-refractivity contribution in [2.75, 3.05) is 26.0 Å². The van der Waals surface area contributed by atoms with Gasteiger partial charge in [-0.3, -0.25) is 9.59 Å². The van der Waals surface area contributed by atoms with Gasteiger partial charge in [0.15, 0.2) is 0 Å². The van der Waals surface area contributed by atoms with E-state index < -0.39 is 0 Å². The number of carbonyl (C=O) groups excluding carboxylic acids is 2. The fourth-order valence-corrected chi connectivity index (χ4v) is 4.69. The van der Waals surface area contributed by atoms with Crippen LogP contribution in [0.15, 0.2) is 5.03 Å². The second-order valence-electron chi connectivity index (χ2n) is 6.77. The van der Waals surface area contributed by atoms with E-state index in [2.05, 4.69) is 11.1 Å². The van der Waals surface area contributed by atoms with Gasteiger partial charge in [0.05, 0.1) is 24.3 Å². The zero-order valence-corrected chi connectivity index (χ0v) is 16.0. The number of pyridine rings is 1. The van der Waals surface area contributed by atoms with Crippen LogP contribution >= 0.6 is 11.8 Å². The van der Waals surface area contributed by atoms with Crippen LogP contribution in [0.1, 0.15) is 41.6 Å². The number of rotatable bonds is 4. The normalized spacial score (nSPS) is 16.9. The minimum Gasteiger partial charge on any atom is -0.469 e. The van der Waals surface area contributed by atoms with Gasteiger partial charge in [-0.1, -0.05) is 11.8 Å². The Labute approximate surface area is 157 Å². The molecule has 2 heterocycles. The Morgan fingerprint density at radius 2 is 2.08 bits per heavy atom. The van der Waals surface area contributed by atoms with Crippen LogP contribution in [0.25, 0.3) is 0 Å². The van der Waals surface area contributed by atoms with Gasteiger partial charge in [0.2, 0.25) is 5.91 Å². The standard InChI is InChI=1S/C19H23N3O3S/c1-12-14-4-3-5-16(14)21-18(15(12)10-20)26-11-17(23)22-8-6-13(7-9-22)19(24)25-2/h13H,3-9,11H2,1-2H3. The SMILES string of the molecule is COC(=O)C1CCN(C(=O)CSc2nc3c(c(C)c2C#N)CCC3)CC1. The molecular formula is C19H23N3O3S. The Kier molecular flexibility index (Phi) is 5.82. The Bertz CT molecular complexity index is 764. The largest absolute Gasteiger partial charge is 0.469 e. The molecule has 1 aliphatic carbocycles. The molecule has 3 rings (SSSR count). The minimum atomic E-state index is -0.192. The van der Waals surface area contributed by atoms with Crippen LogP contribution in [0, 0.1) is 24.2 Å². The van der Waals surface area contributed by atoms with Crippen LogP contribution in [0.2, 0.25) is 0 Å². The van der Waals surface area contributed by atoms with Gasteiger partial charge in [-0.15, -0.1) is 0 Å². The molecule has 1 amide bonds. The highest BCUT2D eigenvalue weighted by atomic mass is 32.2. The number of methoxy groups -OCH3 is 1. The smallest absolute Gasteiger partial charge is 0.308 e. The molecule has 0 N–H and O–H groups in total. The van der Waals surface area contributed by atoms with Crippen LogP contribution in [0.3, 0.4) is 0 Å². The van der Waals surface area contributed by atoms with Crippen LogP contribution < -0.4 is 0 Å². The van der Waals surface area contributed by atoms with E-state index in [9.17, 15) is 14.9 Å². The highest BCUT2D eigenvalue weighted by Gasteiger charge is 2.28. The summed E-state index contributed by atoms with van der Waals surface area (Å²) in [5, 5.41) is 10.2. The Morgan fingerprint density at radius 1 is 1.35 bits per heavy atom. The molecular weight excluding hydrogens is 350 g/mol. The molecule has 7 heteroatoms. The zero-order valence-electron chi connectivity index (χ0n) is 15.2. The summed E-state index contributed by atoms with van der Waals surface area (Å²) < 4.78 is 4.78. The van der Waals surface area contributed by atoms with Crippen molar-refractivity contribution in [3.05, 3.63) is 22.4 Å². The number of hydrogen-bond acceptors (Lipinski definition) is 6. The number of amides is 1. The molecule has 1 fully saturated rings. The number of ether oxygens (including phenoxy) is 1. The second-order valence-corrected chi connectivity index (χ2v) is 7.74. The molecule has 0 radical (unpaired) electrons. The summed E-state index contributed by atoms with van der Waals surface area (Å²) in [6, 6.07) is 2.26. The Balaban J connectivity index is 1.62. The summed E-state index contributed by atoms with van der Waals surface area (Å²) in [6.45, 7) is 3.12. The third-order valence-corrected chi connectivity index (χ3v) is 6.25. The van der Waals surface area contributed by atoms with Gasteiger partial charge in [-0.2, -0.15) is 5.26 Å².